The Morgan fingerprint density at radius 2 is 1.85 bits per heavy atom. The highest BCUT2D eigenvalue weighted by atomic mass is 19.3. The number of aromatic nitrogens is 5. The molecule has 10 nitrogen and oxygen atoms in total. The smallest absolute Gasteiger partial charge is 0.279 e. The van der Waals surface area contributed by atoms with Gasteiger partial charge in [-0.05, 0) is 55.8 Å². The van der Waals surface area contributed by atoms with Crippen molar-refractivity contribution in [3.63, 3.8) is 0 Å². The van der Waals surface area contributed by atoms with Crippen LogP contribution in [0.2, 0.25) is 0 Å². The number of hydrogen-bond donors (Lipinski definition) is 2. The number of piperazine rings is 1. The number of aryl methyl sites for hydroxylation is 1. The summed E-state index contributed by atoms with van der Waals surface area (Å²) >= 11 is 0. The number of fused-ring (bicyclic) bond motifs is 2. The highest BCUT2D eigenvalue weighted by molar-refractivity contribution is 5.77. The Balaban J connectivity index is 1.37. The third-order valence-electron chi connectivity index (χ3n) is 8.02. The van der Waals surface area contributed by atoms with Gasteiger partial charge in [0.15, 0.2) is 17.1 Å². The SMILES string of the molecule is C=CCn1c(=O)c2cnc(Nc3ccc(N4CCN(C)CC4)cc3)nc2n1-c1ccc2c(n1)[C@](O)(C(C)(F)F)CC2. The predicted octanol–water partition coefficient (Wildman–Crippen LogP) is 3.45. The first-order chi connectivity index (χ1) is 19.6. The minimum atomic E-state index is -3.40. The van der Waals surface area contributed by atoms with Gasteiger partial charge in [-0.15, -0.1) is 6.58 Å². The molecule has 214 valence electrons. The van der Waals surface area contributed by atoms with E-state index in [4.69, 9.17) is 0 Å². The quantitative estimate of drug-likeness (QED) is 0.330. The van der Waals surface area contributed by atoms with Gasteiger partial charge >= 0.3 is 0 Å². The number of alkyl halides is 2. The van der Waals surface area contributed by atoms with Crippen LogP contribution in [0.3, 0.4) is 0 Å². The van der Waals surface area contributed by atoms with Crippen LogP contribution in [-0.4, -0.2) is 73.5 Å². The van der Waals surface area contributed by atoms with Crippen molar-refractivity contribution in [1.29, 1.82) is 0 Å². The summed E-state index contributed by atoms with van der Waals surface area (Å²) < 4.78 is 31.8. The molecule has 1 fully saturated rings. The Kier molecular flexibility index (Phi) is 6.62. The van der Waals surface area contributed by atoms with Gasteiger partial charge in [0.05, 0.1) is 12.2 Å². The topological polar surface area (TPSA) is 104 Å². The minimum Gasteiger partial charge on any atom is -0.377 e. The summed E-state index contributed by atoms with van der Waals surface area (Å²) in [7, 11) is 2.12. The number of nitrogens with zero attached hydrogens (tertiary/aromatic N) is 7. The lowest BCUT2D eigenvalue weighted by Gasteiger charge is -2.34. The van der Waals surface area contributed by atoms with Crippen LogP contribution < -0.4 is 15.8 Å². The summed E-state index contributed by atoms with van der Waals surface area (Å²) in [6.07, 6.45) is 3.12. The van der Waals surface area contributed by atoms with Crippen LogP contribution in [0.15, 0.2) is 60.0 Å². The van der Waals surface area contributed by atoms with Gasteiger partial charge in [-0.3, -0.25) is 4.79 Å². The molecule has 6 rings (SSSR count). The van der Waals surface area contributed by atoms with Crippen LogP contribution in [0, 0.1) is 0 Å². The molecule has 0 bridgehead atoms. The molecule has 4 aromatic rings. The van der Waals surface area contributed by atoms with Crippen LogP contribution in [-0.2, 0) is 18.6 Å². The van der Waals surface area contributed by atoms with Crippen LogP contribution in [0.5, 0.6) is 0 Å². The maximum atomic E-state index is 14.5. The molecule has 1 aromatic carbocycles. The zero-order chi connectivity index (χ0) is 28.9. The Labute approximate surface area is 235 Å². The maximum Gasteiger partial charge on any atom is 0.279 e. The molecule has 1 saturated heterocycles. The van der Waals surface area contributed by atoms with Gasteiger partial charge in [-0.2, -0.15) is 4.98 Å². The first-order valence-electron chi connectivity index (χ1n) is 13.6. The van der Waals surface area contributed by atoms with E-state index in [1.807, 2.05) is 24.3 Å². The number of rotatable bonds is 7. The molecule has 1 atom stereocenters. The third kappa shape index (κ3) is 4.66. The van der Waals surface area contributed by atoms with Crippen molar-refractivity contribution in [2.24, 2.45) is 0 Å². The van der Waals surface area contributed by atoms with E-state index in [1.165, 1.54) is 15.6 Å². The van der Waals surface area contributed by atoms with Crippen molar-refractivity contribution in [1.82, 2.24) is 29.2 Å². The average Bonchev–Trinajstić information content (AvgIpc) is 3.44. The Bertz CT molecular complexity index is 1670. The number of aliphatic hydroxyl groups is 1. The second kappa shape index (κ2) is 10.0. The van der Waals surface area contributed by atoms with E-state index >= 15 is 0 Å². The van der Waals surface area contributed by atoms with Crippen molar-refractivity contribution >= 4 is 28.4 Å². The number of allylic oxidation sites excluding steroid dienone is 1. The molecule has 4 heterocycles. The van der Waals surface area contributed by atoms with E-state index in [-0.39, 0.29) is 53.4 Å². The Morgan fingerprint density at radius 1 is 1.12 bits per heavy atom. The molecule has 12 heteroatoms. The number of pyridine rings is 1. The van der Waals surface area contributed by atoms with E-state index in [0.29, 0.717) is 12.5 Å². The summed E-state index contributed by atoms with van der Waals surface area (Å²) in [4.78, 5) is 31.4. The van der Waals surface area contributed by atoms with Gasteiger partial charge in [0, 0.05) is 50.7 Å². The lowest BCUT2D eigenvalue weighted by Crippen LogP contribution is -2.44. The van der Waals surface area contributed by atoms with Crippen LogP contribution in [0.25, 0.3) is 16.9 Å². The van der Waals surface area contributed by atoms with Gasteiger partial charge < -0.3 is 20.2 Å². The number of likely N-dealkylation sites (N-methyl/N-ethyl adjacent to an activating group) is 1. The fraction of sp³-hybridized carbons (Fsp3) is 0.379. The zero-order valence-electron chi connectivity index (χ0n) is 23.0. The fourth-order valence-corrected chi connectivity index (χ4v) is 5.57. The van der Waals surface area contributed by atoms with Gasteiger partial charge in [0.2, 0.25) is 5.95 Å². The molecule has 0 saturated carbocycles. The molecule has 41 heavy (non-hydrogen) atoms. The molecule has 0 unspecified atom stereocenters. The van der Waals surface area contributed by atoms with Gasteiger partial charge in [0.1, 0.15) is 5.39 Å². The monoisotopic (exact) mass is 562 g/mol. The van der Waals surface area contributed by atoms with Crippen LogP contribution >= 0.6 is 0 Å². The van der Waals surface area contributed by atoms with Crippen molar-refractivity contribution in [2.75, 3.05) is 43.4 Å². The summed E-state index contributed by atoms with van der Waals surface area (Å²) in [5, 5.41) is 14.3. The minimum absolute atomic E-state index is 0.0882. The third-order valence-corrected chi connectivity index (χ3v) is 8.02. The van der Waals surface area contributed by atoms with Gasteiger partial charge in [-0.1, -0.05) is 12.1 Å². The number of hydrogen-bond acceptors (Lipinski definition) is 8. The van der Waals surface area contributed by atoms with Crippen molar-refractivity contribution < 1.29 is 13.9 Å². The molecule has 0 spiro atoms. The summed E-state index contributed by atoms with van der Waals surface area (Å²) in [6.45, 7) is 8.52. The molecule has 1 aliphatic carbocycles. The zero-order valence-corrected chi connectivity index (χ0v) is 23.0. The van der Waals surface area contributed by atoms with E-state index in [1.54, 1.807) is 18.2 Å². The normalized spacial score (nSPS) is 19.5. The second-order valence-electron chi connectivity index (χ2n) is 10.8. The standard InChI is InChI=1S/C29H32F2N8O2/c1-4-13-38-26(40)22-18-32-27(33-20-6-8-21(9-7-20)37-16-14-36(3)15-17-37)35-25(22)39(38)23-10-5-19-11-12-29(41,24(19)34-23)28(2,30)31/h4-10,18,41H,1,11-17H2,2-3H3,(H,32,33,35)/t29-/m0/s1. The lowest BCUT2D eigenvalue weighted by molar-refractivity contribution is -0.176. The van der Waals surface area contributed by atoms with Gasteiger partial charge in [0.25, 0.3) is 11.5 Å². The average molecular weight is 563 g/mol. The number of halogens is 2. The molecular weight excluding hydrogens is 530 g/mol. The molecule has 2 N–H and O–H groups in total. The lowest BCUT2D eigenvalue weighted by atomic mass is 9.94. The largest absolute Gasteiger partial charge is 0.377 e. The predicted molar refractivity (Wildman–Crippen MR) is 153 cm³/mol. The summed E-state index contributed by atoms with van der Waals surface area (Å²) in [6, 6.07) is 11.3. The molecule has 2 aliphatic rings. The van der Waals surface area contributed by atoms with Crippen LogP contribution in [0.1, 0.15) is 24.6 Å². The number of benzene rings is 1. The first kappa shape index (κ1) is 27.0. The summed E-state index contributed by atoms with van der Waals surface area (Å²) in [5.74, 6) is -2.96. The maximum absolute atomic E-state index is 14.5. The molecule has 1 aliphatic heterocycles. The van der Waals surface area contributed by atoms with E-state index in [9.17, 15) is 18.7 Å². The molecule has 0 amide bonds. The van der Waals surface area contributed by atoms with E-state index < -0.39 is 11.5 Å². The van der Waals surface area contributed by atoms with Crippen molar-refractivity contribution in [2.45, 2.75) is 37.8 Å². The van der Waals surface area contributed by atoms with E-state index in [2.05, 4.69) is 43.7 Å². The molecular formula is C29H32F2N8O2. The Morgan fingerprint density at radius 3 is 2.54 bits per heavy atom. The highest BCUT2D eigenvalue weighted by Gasteiger charge is 2.54. The van der Waals surface area contributed by atoms with Crippen molar-refractivity contribution in [3.05, 3.63) is 76.9 Å². The number of anilines is 3. The highest BCUT2D eigenvalue weighted by Crippen LogP contribution is 2.46. The van der Waals surface area contributed by atoms with E-state index in [0.717, 1.165) is 37.6 Å². The van der Waals surface area contributed by atoms with Gasteiger partial charge in [-0.25, -0.2) is 28.1 Å². The summed E-state index contributed by atoms with van der Waals surface area (Å²) in [5.41, 5.74) is -0.160. The van der Waals surface area contributed by atoms with Crippen LogP contribution in [0.4, 0.5) is 26.1 Å². The molecule has 3 aromatic heterocycles. The Hall–Kier alpha value is -4.16. The second-order valence-corrected chi connectivity index (χ2v) is 10.8. The fourth-order valence-electron chi connectivity index (χ4n) is 5.57. The first-order valence-corrected chi connectivity index (χ1v) is 13.6. The van der Waals surface area contributed by atoms with Crippen molar-refractivity contribution in [3.8, 4) is 5.82 Å². The molecule has 0 radical (unpaired) electrons. The number of nitrogens with one attached hydrogen (secondary N) is 1.